The molecule has 0 radical (unpaired) electrons. The molecular weight excluding hydrogens is 466 g/mol. The number of hydrogen-bond donors (Lipinski definition) is 8. The lowest BCUT2D eigenvalue weighted by molar-refractivity contribution is -0.142. The number of amides is 3. The van der Waals surface area contributed by atoms with E-state index in [-0.39, 0.29) is 18.8 Å². The molecule has 0 aliphatic rings. The van der Waals surface area contributed by atoms with Crippen LogP contribution in [0.1, 0.15) is 78.1 Å². The number of carboxylic acids is 1. The van der Waals surface area contributed by atoms with Gasteiger partial charge in [0.05, 0.1) is 6.04 Å². The van der Waals surface area contributed by atoms with E-state index in [0.717, 1.165) is 6.42 Å². The number of carbonyl (C=O) groups excluding carboxylic acids is 3. The van der Waals surface area contributed by atoms with Crippen LogP contribution < -0.4 is 38.9 Å². The number of carboxylic acid groups (broad SMARTS) is 1. The molecule has 0 aromatic carbocycles. The van der Waals surface area contributed by atoms with E-state index < -0.39 is 47.9 Å². The van der Waals surface area contributed by atoms with Crippen molar-refractivity contribution in [3.05, 3.63) is 0 Å². The lowest BCUT2D eigenvalue weighted by Gasteiger charge is -2.28. The number of aliphatic carboxylic acids is 1. The molecule has 210 valence electrons. The SMILES string of the molecule is CCC(C)C(NC(=O)C(N)CCCCN)C(=O)NC(CCCCN)C(=O)NC(CCCCN)C(=O)O. The highest BCUT2D eigenvalue weighted by molar-refractivity contribution is 5.94. The molecule has 0 saturated carbocycles. The van der Waals surface area contributed by atoms with Crippen LogP contribution in [-0.4, -0.2) is 72.6 Å². The molecule has 12 N–H and O–H groups in total. The summed E-state index contributed by atoms with van der Waals surface area (Å²) in [5, 5.41) is 17.5. The molecule has 0 spiro atoms. The van der Waals surface area contributed by atoms with E-state index in [1.165, 1.54) is 0 Å². The van der Waals surface area contributed by atoms with Crippen LogP contribution in [0.3, 0.4) is 0 Å². The Bertz CT molecular complexity index is 665. The fourth-order valence-electron chi connectivity index (χ4n) is 3.65. The van der Waals surface area contributed by atoms with Crippen LogP contribution in [0.4, 0.5) is 0 Å². The number of carbonyl (C=O) groups is 4. The molecule has 0 fully saturated rings. The van der Waals surface area contributed by atoms with E-state index in [9.17, 15) is 24.3 Å². The van der Waals surface area contributed by atoms with Crippen LogP contribution >= 0.6 is 0 Å². The lowest BCUT2D eigenvalue weighted by atomic mass is 9.96. The minimum atomic E-state index is -1.15. The van der Waals surface area contributed by atoms with Crippen molar-refractivity contribution in [1.82, 2.24) is 16.0 Å². The van der Waals surface area contributed by atoms with Gasteiger partial charge in [0.15, 0.2) is 0 Å². The highest BCUT2D eigenvalue weighted by atomic mass is 16.4. The Labute approximate surface area is 215 Å². The van der Waals surface area contributed by atoms with Gasteiger partial charge in [0.2, 0.25) is 17.7 Å². The average molecular weight is 516 g/mol. The third-order valence-corrected chi connectivity index (χ3v) is 6.24. The van der Waals surface area contributed by atoms with Gasteiger partial charge in [-0.1, -0.05) is 26.7 Å². The van der Waals surface area contributed by atoms with Crippen molar-refractivity contribution >= 4 is 23.7 Å². The van der Waals surface area contributed by atoms with Crippen LogP contribution in [0.5, 0.6) is 0 Å². The molecule has 0 saturated heterocycles. The first-order valence-electron chi connectivity index (χ1n) is 13.1. The highest BCUT2D eigenvalue weighted by Gasteiger charge is 2.32. The Morgan fingerprint density at radius 3 is 1.64 bits per heavy atom. The summed E-state index contributed by atoms with van der Waals surface area (Å²) in [5.74, 6) is -2.92. The van der Waals surface area contributed by atoms with Crippen LogP contribution in [-0.2, 0) is 19.2 Å². The molecule has 0 aliphatic carbocycles. The topological polar surface area (TPSA) is 229 Å². The van der Waals surface area contributed by atoms with Gasteiger partial charge >= 0.3 is 5.97 Å². The Balaban J connectivity index is 5.45. The van der Waals surface area contributed by atoms with Crippen LogP contribution in [0.15, 0.2) is 0 Å². The van der Waals surface area contributed by atoms with Crippen molar-refractivity contribution < 1.29 is 24.3 Å². The first-order chi connectivity index (χ1) is 17.1. The van der Waals surface area contributed by atoms with Gasteiger partial charge in [0.25, 0.3) is 0 Å². The molecule has 36 heavy (non-hydrogen) atoms. The summed E-state index contributed by atoms with van der Waals surface area (Å²) in [7, 11) is 0. The summed E-state index contributed by atoms with van der Waals surface area (Å²) in [4.78, 5) is 50.5. The molecule has 0 rings (SSSR count). The molecule has 5 atom stereocenters. The van der Waals surface area contributed by atoms with Crippen molar-refractivity contribution in [3.8, 4) is 0 Å². The summed E-state index contributed by atoms with van der Waals surface area (Å²) < 4.78 is 0. The zero-order chi connectivity index (χ0) is 27.5. The minimum absolute atomic E-state index is 0.221. The molecular formula is C24H49N7O5. The third kappa shape index (κ3) is 13.7. The van der Waals surface area contributed by atoms with E-state index in [2.05, 4.69) is 16.0 Å². The summed E-state index contributed by atoms with van der Waals surface area (Å²) in [6.45, 7) is 5.08. The number of nitrogens with one attached hydrogen (secondary N) is 3. The summed E-state index contributed by atoms with van der Waals surface area (Å²) >= 11 is 0. The smallest absolute Gasteiger partial charge is 0.326 e. The van der Waals surface area contributed by atoms with Crippen LogP contribution in [0.25, 0.3) is 0 Å². The fourth-order valence-corrected chi connectivity index (χ4v) is 3.65. The number of hydrogen-bond acceptors (Lipinski definition) is 8. The van der Waals surface area contributed by atoms with Crippen LogP contribution in [0, 0.1) is 5.92 Å². The number of rotatable bonds is 21. The largest absolute Gasteiger partial charge is 0.480 e. The second-order valence-electron chi connectivity index (χ2n) is 9.29. The second-order valence-corrected chi connectivity index (χ2v) is 9.29. The number of unbranched alkanes of at least 4 members (excludes halogenated alkanes) is 3. The standard InChI is InChI=1S/C24H49N7O5/c1-3-16(2)20(31-21(32)17(28)10-4-7-13-25)23(34)29-18(11-5-8-14-26)22(33)30-19(24(35)36)12-6-9-15-27/h16-20H,3-15,25-28H2,1-2H3,(H,29,34)(H,30,33)(H,31,32)(H,35,36). The summed E-state index contributed by atoms with van der Waals surface area (Å²) in [6.07, 6.45) is 5.40. The molecule has 3 amide bonds. The Hall–Kier alpha value is -2.28. The van der Waals surface area contributed by atoms with Crippen LogP contribution in [0.2, 0.25) is 0 Å². The first kappa shape index (κ1) is 33.7. The van der Waals surface area contributed by atoms with Crippen molar-refractivity contribution in [1.29, 1.82) is 0 Å². The maximum atomic E-state index is 13.2. The molecule has 0 aliphatic heterocycles. The fraction of sp³-hybridized carbons (Fsp3) is 0.833. The first-order valence-corrected chi connectivity index (χ1v) is 13.1. The van der Waals surface area contributed by atoms with Gasteiger partial charge in [0.1, 0.15) is 18.1 Å². The monoisotopic (exact) mass is 515 g/mol. The van der Waals surface area contributed by atoms with Gasteiger partial charge in [-0.05, 0) is 76.9 Å². The van der Waals surface area contributed by atoms with Gasteiger partial charge < -0.3 is 44.0 Å². The minimum Gasteiger partial charge on any atom is -0.480 e. The quantitative estimate of drug-likeness (QED) is 0.0901. The van der Waals surface area contributed by atoms with Gasteiger partial charge in [-0.3, -0.25) is 14.4 Å². The molecule has 0 heterocycles. The highest BCUT2D eigenvalue weighted by Crippen LogP contribution is 2.11. The predicted molar refractivity (Wildman–Crippen MR) is 140 cm³/mol. The molecule has 0 aromatic rings. The lowest BCUT2D eigenvalue weighted by Crippen LogP contribution is -2.58. The van der Waals surface area contributed by atoms with Gasteiger partial charge in [-0.2, -0.15) is 0 Å². The Kier molecular flexibility index (Phi) is 18.6. The second kappa shape index (κ2) is 19.9. The van der Waals surface area contributed by atoms with Crippen molar-refractivity contribution in [3.63, 3.8) is 0 Å². The summed E-state index contributed by atoms with van der Waals surface area (Å²) in [5.41, 5.74) is 22.5. The molecule has 0 aromatic heterocycles. The van der Waals surface area contributed by atoms with E-state index in [0.29, 0.717) is 64.6 Å². The average Bonchev–Trinajstić information content (AvgIpc) is 2.85. The van der Waals surface area contributed by atoms with E-state index in [1.54, 1.807) is 0 Å². The van der Waals surface area contributed by atoms with Crippen molar-refractivity contribution in [2.45, 2.75) is 102 Å². The number of nitrogens with two attached hydrogens (primary N) is 4. The van der Waals surface area contributed by atoms with Gasteiger partial charge in [-0.15, -0.1) is 0 Å². The van der Waals surface area contributed by atoms with Crippen molar-refractivity contribution in [2.75, 3.05) is 19.6 Å². The van der Waals surface area contributed by atoms with Gasteiger partial charge in [-0.25, -0.2) is 4.79 Å². The Morgan fingerprint density at radius 2 is 1.17 bits per heavy atom. The molecule has 0 bridgehead atoms. The normalized spacial score (nSPS) is 15.3. The zero-order valence-corrected chi connectivity index (χ0v) is 22.0. The third-order valence-electron chi connectivity index (χ3n) is 6.24. The maximum absolute atomic E-state index is 13.2. The molecule has 12 nitrogen and oxygen atoms in total. The molecule has 12 heteroatoms. The predicted octanol–water partition coefficient (Wildman–Crippen LogP) is -0.714. The Morgan fingerprint density at radius 1 is 0.694 bits per heavy atom. The van der Waals surface area contributed by atoms with Gasteiger partial charge in [0, 0.05) is 0 Å². The zero-order valence-electron chi connectivity index (χ0n) is 22.0. The summed E-state index contributed by atoms with van der Waals surface area (Å²) in [6, 6.07) is -3.73. The van der Waals surface area contributed by atoms with E-state index in [1.807, 2.05) is 13.8 Å². The van der Waals surface area contributed by atoms with Crippen molar-refractivity contribution in [2.24, 2.45) is 28.9 Å². The molecule has 5 unspecified atom stereocenters. The maximum Gasteiger partial charge on any atom is 0.326 e. The van der Waals surface area contributed by atoms with E-state index in [4.69, 9.17) is 22.9 Å². The van der Waals surface area contributed by atoms with E-state index >= 15 is 0 Å².